The van der Waals surface area contributed by atoms with Crippen molar-refractivity contribution in [3.05, 3.63) is 60.2 Å². The number of rotatable bonds is 7. The fourth-order valence-corrected chi connectivity index (χ4v) is 2.97. The van der Waals surface area contributed by atoms with Crippen LogP contribution in [0.25, 0.3) is 10.8 Å². The van der Waals surface area contributed by atoms with Crippen LogP contribution in [0, 0.1) is 11.3 Å². The summed E-state index contributed by atoms with van der Waals surface area (Å²) in [7, 11) is 0. The summed E-state index contributed by atoms with van der Waals surface area (Å²) < 4.78 is 7.50. The van der Waals surface area contributed by atoms with Gasteiger partial charge in [0.2, 0.25) is 0 Å². The maximum atomic E-state index is 11.2. The summed E-state index contributed by atoms with van der Waals surface area (Å²) in [6.07, 6.45) is 2.87. The van der Waals surface area contributed by atoms with Crippen molar-refractivity contribution in [2.75, 3.05) is 6.61 Å². The SMILES string of the molecule is CC(O)C(CCOc1ccc2ccc(C#N)cc2c1)n1cnc(C(N)=O)c1. The number of nitriles is 1. The maximum Gasteiger partial charge on any atom is 0.268 e. The Balaban J connectivity index is 1.68. The van der Waals surface area contributed by atoms with E-state index < -0.39 is 12.0 Å². The Morgan fingerprint density at radius 1 is 1.33 bits per heavy atom. The van der Waals surface area contributed by atoms with Gasteiger partial charge in [-0.25, -0.2) is 4.98 Å². The van der Waals surface area contributed by atoms with Gasteiger partial charge in [-0.2, -0.15) is 5.26 Å². The molecule has 0 radical (unpaired) electrons. The van der Waals surface area contributed by atoms with Crippen LogP contribution in [0.5, 0.6) is 5.75 Å². The minimum atomic E-state index is -0.654. The van der Waals surface area contributed by atoms with Crippen molar-refractivity contribution in [1.29, 1.82) is 5.26 Å². The fraction of sp³-hybridized carbons (Fsp3) is 0.250. The van der Waals surface area contributed by atoms with E-state index in [9.17, 15) is 9.90 Å². The summed E-state index contributed by atoms with van der Waals surface area (Å²) >= 11 is 0. The zero-order valence-corrected chi connectivity index (χ0v) is 14.9. The van der Waals surface area contributed by atoms with Crippen molar-refractivity contribution in [3.63, 3.8) is 0 Å². The second kappa shape index (κ2) is 7.89. The number of nitrogens with zero attached hydrogens (tertiary/aromatic N) is 3. The number of primary amides is 1. The lowest BCUT2D eigenvalue weighted by Crippen LogP contribution is -2.23. The van der Waals surface area contributed by atoms with Gasteiger partial charge in [0.25, 0.3) is 5.91 Å². The second-order valence-corrected chi connectivity index (χ2v) is 6.35. The number of ether oxygens (including phenoxy) is 1. The van der Waals surface area contributed by atoms with E-state index in [-0.39, 0.29) is 11.7 Å². The predicted octanol–water partition coefficient (Wildman–Crippen LogP) is 2.40. The number of carbonyl (C=O) groups is 1. The van der Waals surface area contributed by atoms with E-state index >= 15 is 0 Å². The molecule has 2 unspecified atom stereocenters. The summed E-state index contributed by atoms with van der Waals surface area (Å²) in [5.41, 5.74) is 5.98. The van der Waals surface area contributed by atoms with Crippen molar-refractivity contribution >= 4 is 16.7 Å². The molecule has 0 aliphatic heterocycles. The molecule has 0 bridgehead atoms. The molecule has 0 spiro atoms. The predicted molar refractivity (Wildman–Crippen MR) is 100 cm³/mol. The standard InChI is InChI=1S/C20H20N4O3/c1-13(25)19(24-11-18(20(22)26)23-12-24)6-7-27-17-5-4-15-3-2-14(10-21)8-16(15)9-17/h2-5,8-9,11-13,19,25H,6-7H2,1H3,(H2,22,26). The van der Waals surface area contributed by atoms with Crippen molar-refractivity contribution in [2.45, 2.75) is 25.5 Å². The molecule has 7 heteroatoms. The van der Waals surface area contributed by atoms with Crippen molar-refractivity contribution in [2.24, 2.45) is 5.73 Å². The van der Waals surface area contributed by atoms with Crippen molar-refractivity contribution < 1.29 is 14.6 Å². The molecule has 2 aromatic carbocycles. The minimum absolute atomic E-state index is 0.157. The molecule has 1 heterocycles. The maximum absolute atomic E-state index is 11.2. The number of benzene rings is 2. The fourth-order valence-electron chi connectivity index (χ4n) is 2.97. The number of fused-ring (bicyclic) bond motifs is 1. The van der Waals surface area contributed by atoms with Gasteiger partial charge in [-0.1, -0.05) is 12.1 Å². The monoisotopic (exact) mass is 364 g/mol. The minimum Gasteiger partial charge on any atom is -0.493 e. The number of aliphatic hydroxyl groups is 1. The summed E-state index contributed by atoms with van der Waals surface area (Å²) in [5.74, 6) is 0.0765. The van der Waals surface area contributed by atoms with Gasteiger partial charge in [0.05, 0.1) is 36.7 Å². The number of imidazole rings is 1. The van der Waals surface area contributed by atoms with Gasteiger partial charge >= 0.3 is 0 Å². The molecule has 0 fully saturated rings. The van der Waals surface area contributed by atoms with Crippen LogP contribution in [0.4, 0.5) is 0 Å². The first-order valence-corrected chi connectivity index (χ1v) is 8.56. The number of hydrogen-bond acceptors (Lipinski definition) is 5. The van der Waals surface area contributed by atoms with Gasteiger partial charge in [-0.3, -0.25) is 4.79 Å². The molecule has 138 valence electrons. The molecule has 7 nitrogen and oxygen atoms in total. The third-order valence-electron chi connectivity index (χ3n) is 4.42. The number of nitrogens with two attached hydrogens (primary N) is 1. The Labute approximate surface area is 156 Å². The highest BCUT2D eigenvalue weighted by molar-refractivity contribution is 5.90. The van der Waals surface area contributed by atoms with E-state index in [1.165, 1.54) is 12.5 Å². The van der Waals surface area contributed by atoms with E-state index in [0.717, 1.165) is 10.8 Å². The lowest BCUT2D eigenvalue weighted by Gasteiger charge is -2.21. The third-order valence-corrected chi connectivity index (χ3v) is 4.42. The molecule has 0 aliphatic rings. The van der Waals surface area contributed by atoms with Gasteiger partial charge in [-0.05, 0) is 42.0 Å². The quantitative estimate of drug-likeness (QED) is 0.668. The first-order chi connectivity index (χ1) is 13.0. The molecule has 1 aromatic heterocycles. The second-order valence-electron chi connectivity index (χ2n) is 6.35. The van der Waals surface area contributed by atoms with E-state index in [4.69, 9.17) is 15.7 Å². The Hall–Kier alpha value is -3.37. The first-order valence-electron chi connectivity index (χ1n) is 8.56. The summed E-state index contributed by atoms with van der Waals surface area (Å²) in [4.78, 5) is 15.1. The van der Waals surface area contributed by atoms with Crippen LogP contribution in [-0.4, -0.2) is 33.3 Å². The number of aromatic nitrogens is 2. The largest absolute Gasteiger partial charge is 0.493 e. The van der Waals surface area contributed by atoms with Crippen molar-refractivity contribution in [3.8, 4) is 11.8 Å². The molecule has 3 N–H and O–H groups in total. The highest BCUT2D eigenvalue weighted by Gasteiger charge is 2.18. The Morgan fingerprint density at radius 2 is 2.11 bits per heavy atom. The molecule has 3 aromatic rings. The average Bonchev–Trinajstić information content (AvgIpc) is 3.14. The normalized spacial score (nSPS) is 13.1. The molecular formula is C20H20N4O3. The summed E-state index contributed by atoms with van der Waals surface area (Å²) in [5, 5.41) is 21.0. The Bertz CT molecular complexity index is 1000. The lowest BCUT2D eigenvalue weighted by atomic mass is 10.1. The number of amides is 1. The molecule has 0 saturated carbocycles. The topological polar surface area (TPSA) is 114 Å². The highest BCUT2D eigenvalue weighted by atomic mass is 16.5. The third kappa shape index (κ3) is 4.25. The van der Waals surface area contributed by atoms with E-state index in [1.807, 2.05) is 30.3 Å². The Morgan fingerprint density at radius 3 is 2.78 bits per heavy atom. The van der Waals surface area contributed by atoms with Crippen LogP contribution in [0.1, 0.15) is 35.4 Å². The van der Waals surface area contributed by atoms with Gasteiger partial charge in [0, 0.05) is 12.6 Å². The van der Waals surface area contributed by atoms with Gasteiger partial charge < -0.3 is 20.1 Å². The van der Waals surface area contributed by atoms with Crippen LogP contribution in [-0.2, 0) is 0 Å². The molecule has 0 aliphatic carbocycles. The van der Waals surface area contributed by atoms with Crippen LogP contribution in [0.15, 0.2) is 48.9 Å². The molecular weight excluding hydrogens is 344 g/mol. The van der Waals surface area contributed by atoms with E-state index in [1.54, 1.807) is 17.6 Å². The smallest absolute Gasteiger partial charge is 0.268 e. The summed E-state index contributed by atoms with van der Waals surface area (Å²) in [6.45, 7) is 2.04. The van der Waals surface area contributed by atoms with E-state index in [2.05, 4.69) is 11.1 Å². The first kappa shape index (κ1) is 18.4. The molecule has 2 atom stereocenters. The van der Waals surface area contributed by atoms with Crippen molar-refractivity contribution in [1.82, 2.24) is 9.55 Å². The van der Waals surface area contributed by atoms with Crippen LogP contribution in [0.3, 0.4) is 0 Å². The molecule has 3 rings (SSSR count). The molecule has 27 heavy (non-hydrogen) atoms. The Kier molecular flexibility index (Phi) is 5.38. The zero-order valence-electron chi connectivity index (χ0n) is 14.9. The van der Waals surface area contributed by atoms with Gasteiger partial charge in [0.1, 0.15) is 11.4 Å². The van der Waals surface area contributed by atoms with E-state index in [0.29, 0.717) is 24.3 Å². The zero-order chi connectivity index (χ0) is 19.4. The highest BCUT2D eigenvalue weighted by Crippen LogP contribution is 2.23. The number of carbonyl (C=O) groups excluding carboxylic acids is 1. The molecule has 1 amide bonds. The lowest BCUT2D eigenvalue weighted by molar-refractivity contribution is 0.0993. The van der Waals surface area contributed by atoms with Gasteiger partial charge in [0.15, 0.2) is 0 Å². The van der Waals surface area contributed by atoms with Crippen LogP contribution in [0.2, 0.25) is 0 Å². The average molecular weight is 364 g/mol. The molecule has 0 saturated heterocycles. The number of aliphatic hydroxyl groups excluding tert-OH is 1. The van der Waals surface area contributed by atoms with Crippen LogP contribution >= 0.6 is 0 Å². The van der Waals surface area contributed by atoms with Crippen LogP contribution < -0.4 is 10.5 Å². The summed E-state index contributed by atoms with van der Waals surface area (Å²) in [6, 6.07) is 13.0. The number of hydrogen-bond donors (Lipinski definition) is 2. The van der Waals surface area contributed by atoms with Gasteiger partial charge in [-0.15, -0.1) is 0 Å².